The van der Waals surface area contributed by atoms with Crippen LogP contribution in [0.5, 0.6) is 0 Å². The van der Waals surface area contributed by atoms with E-state index in [1.165, 1.54) is 44.9 Å². The van der Waals surface area contributed by atoms with E-state index in [0.717, 1.165) is 19.6 Å². The van der Waals surface area contributed by atoms with Crippen LogP contribution in [0.4, 0.5) is 0 Å². The van der Waals surface area contributed by atoms with E-state index in [-0.39, 0.29) is 6.04 Å². The summed E-state index contributed by atoms with van der Waals surface area (Å²) in [5.74, 6) is 0.334. The molecule has 0 aromatic heterocycles. The van der Waals surface area contributed by atoms with Crippen molar-refractivity contribution in [2.45, 2.75) is 76.9 Å². The second kappa shape index (κ2) is 8.14. The number of amides is 1. The summed E-state index contributed by atoms with van der Waals surface area (Å²) in [4.78, 5) is 16.9. The lowest BCUT2D eigenvalue weighted by Gasteiger charge is -2.38. The van der Waals surface area contributed by atoms with E-state index in [1.807, 2.05) is 0 Å². The third kappa shape index (κ3) is 4.43. The van der Waals surface area contributed by atoms with Crippen molar-refractivity contribution in [3.05, 3.63) is 0 Å². The Morgan fingerprint density at radius 2 is 1.86 bits per heavy atom. The summed E-state index contributed by atoms with van der Waals surface area (Å²) < 4.78 is 0. The smallest absolute Gasteiger partial charge is 0.239 e. The molecule has 2 rings (SSSR count). The Hall–Kier alpha value is -0.610. The van der Waals surface area contributed by atoms with Gasteiger partial charge in [0.05, 0.1) is 6.04 Å². The predicted octanol–water partition coefficient (Wildman–Crippen LogP) is 2.24. The Kier molecular flexibility index (Phi) is 6.49. The van der Waals surface area contributed by atoms with Crippen LogP contribution < -0.4 is 5.32 Å². The zero-order valence-electron chi connectivity index (χ0n) is 14.1. The highest BCUT2D eigenvalue weighted by Gasteiger charge is 2.31. The van der Waals surface area contributed by atoms with E-state index in [9.17, 15) is 4.79 Å². The summed E-state index contributed by atoms with van der Waals surface area (Å²) in [5, 5.41) is 3.63. The molecule has 0 radical (unpaired) electrons. The van der Waals surface area contributed by atoms with Crippen LogP contribution >= 0.6 is 0 Å². The fraction of sp³-hybridized carbons (Fsp3) is 0.941. The SMILES string of the molecule is CCCNC1CCC(N(C)C(C)C(=O)N2CCCC2)CC1. The van der Waals surface area contributed by atoms with Crippen molar-refractivity contribution in [2.24, 2.45) is 0 Å². The molecule has 1 unspecified atom stereocenters. The summed E-state index contributed by atoms with van der Waals surface area (Å²) in [6.07, 6.45) is 8.50. The summed E-state index contributed by atoms with van der Waals surface area (Å²) in [7, 11) is 2.14. The zero-order chi connectivity index (χ0) is 15.2. The monoisotopic (exact) mass is 295 g/mol. The van der Waals surface area contributed by atoms with Gasteiger partial charge in [0.2, 0.25) is 5.91 Å². The van der Waals surface area contributed by atoms with E-state index in [0.29, 0.717) is 18.0 Å². The molecule has 1 aliphatic carbocycles. The fourth-order valence-corrected chi connectivity index (χ4v) is 3.73. The van der Waals surface area contributed by atoms with Crippen molar-refractivity contribution in [1.29, 1.82) is 0 Å². The first-order chi connectivity index (χ1) is 10.1. The maximum atomic E-state index is 12.5. The molecular weight excluding hydrogens is 262 g/mol. The molecule has 122 valence electrons. The Bertz CT molecular complexity index is 320. The standard InChI is InChI=1S/C17H33N3O/c1-4-11-18-15-7-9-16(10-8-15)19(3)14(2)17(21)20-12-5-6-13-20/h14-16,18H,4-13H2,1-3H3. The van der Waals surface area contributed by atoms with Gasteiger partial charge >= 0.3 is 0 Å². The van der Waals surface area contributed by atoms with E-state index < -0.39 is 0 Å². The molecule has 2 aliphatic rings. The van der Waals surface area contributed by atoms with Crippen LogP contribution in [0.1, 0.15) is 58.8 Å². The number of carbonyl (C=O) groups is 1. The Labute approximate surface area is 130 Å². The Morgan fingerprint density at radius 1 is 1.24 bits per heavy atom. The largest absolute Gasteiger partial charge is 0.341 e. The molecule has 4 nitrogen and oxygen atoms in total. The minimum Gasteiger partial charge on any atom is -0.341 e. The topological polar surface area (TPSA) is 35.6 Å². The molecule has 1 saturated carbocycles. The number of hydrogen-bond donors (Lipinski definition) is 1. The van der Waals surface area contributed by atoms with Crippen molar-refractivity contribution in [3.63, 3.8) is 0 Å². The number of nitrogens with zero attached hydrogens (tertiary/aromatic N) is 2. The third-order valence-electron chi connectivity index (χ3n) is 5.34. The van der Waals surface area contributed by atoms with Crippen LogP contribution in [-0.4, -0.2) is 60.5 Å². The molecule has 1 heterocycles. The molecule has 4 heteroatoms. The molecule has 0 aromatic carbocycles. The number of rotatable bonds is 6. The number of carbonyl (C=O) groups excluding carboxylic acids is 1. The van der Waals surface area contributed by atoms with Crippen LogP contribution in [0, 0.1) is 0 Å². The number of nitrogens with one attached hydrogen (secondary N) is 1. The Morgan fingerprint density at radius 3 is 2.43 bits per heavy atom. The number of hydrogen-bond acceptors (Lipinski definition) is 3. The van der Waals surface area contributed by atoms with E-state index in [1.54, 1.807) is 0 Å². The third-order valence-corrected chi connectivity index (χ3v) is 5.34. The van der Waals surface area contributed by atoms with Crippen molar-refractivity contribution >= 4 is 5.91 Å². The average Bonchev–Trinajstić information content (AvgIpc) is 3.05. The minimum absolute atomic E-state index is 0.0354. The van der Waals surface area contributed by atoms with Crippen molar-refractivity contribution < 1.29 is 4.79 Å². The highest BCUT2D eigenvalue weighted by atomic mass is 16.2. The molecule has 1 saturated heterocycles. The molecule has 21 heavy (non-hydrogen) atoms. The first-order valence-corrected chi connectivity index (χ1v) is 8.87. The maximum absolute atomic E-state index is 12.5. The zero-order valence-corrected chi connectivity index (χ0v) is 14.1. The number of likely N-dealkylation sites (N-methyl/N-ethyl adjacent to an activating group) is 1. The summed E-state index contributed by atoms with van der Waals surface area (Å²) in [5.41, 5.74) is 0. The lowest BCUT2D eigenvalue weighted by molar-refractivity contribution is -0.135. The van der Waals surface area contributed by atoms with Gasteiger partial charge < -0.3 is 10.2 Å². The normalized spacial score (nSPS) is 28.1. The van der Waals surface area contributed by atoms with Gasteiger partial charge in [0.15, 0.2) is 0 Å². The lowest BCUT2D eigenvalue weighted by atomic mass is 9.89. The Balaban J connectivity index is 1.77. The van der Waals surface area contributed by atoms with Gasteiger partial charge in [-0.15, -0.1) is 0 Å². The van der Waals surface area contributed by atoms with Gasteiger partial charge in [-0.2, -0.15) is 0 Å². The van der Waals surface area contributed by atoms with E-state index in [2.05, 4.69) is 36.0 Å². The van der Waals surface area contributed by atoms with Crippen molar-refractivity contribution in [1.82, 2.24) is 15.1 Å². The van der Waals surface area contributed by atoms with Gasteiger partial charge in [0.1, 0.15) is 0 Å². The maximum Gasteiger partial charge on any atom is 0.239 e. The van der Waals surface area contributed by atoms with Crippen LogP contribution in [0.3, 0.4) is 0 Å². The molecule has 1 atom stereocenters. The molecule has 2 fully saturated rings. The van der Waals surface area contributed by atoms with Gasteiger partial charge in [-0.3, -0.25) is 9.69 Å². The molecular formula is C17H33N3O. The van der Waals surface area contributed by atoms with Crippen molar-refractivity contribution in [3.8, 4) is 0 Å². The molecule has 0 spiro atoms. The van der Waals surface area contributed by atoms with Gasteiger partial charge in [-0.05, 0) is 65.5 Å². The second-order valence-corrected chi connectivity index (χ2v) is 6.83. The van der Waals surface area contributed by atoms with Gasteiger partial charge in [-0.25, -0.2) is 0 Å². The molecule has 1 amide bonds. The van der Waals surface area contributed by atoms with Crippen LogP contribution in [-0.2, 0) is 4.79 Å². The quantitative estimate of drug-likeness (QED) is 0.816. The predicted molar refractivity (Wildman–Crippen MR) is 87.4 cm³/mol. The van der Waals surface area contributed by atoms with E-state index in [4.69, 9.17) is 0 Å². The first kappa shape index (κ1) is 16.8. The molecule has 1 N–H and O–H groups in total. The van der Waals surface area contributed by atoms with Gasteiger partial charge in [0.25, 0.3) is 0 Å². The molecule has 1 aliphatic heterocycles. The van der Waals surface area contributed by atoms with Crippen LogP contribution in [0.15, 0.2) is 0 Å². The lowest BCUT2D eigenvalue weighted by Crippen LogP contribution is -2.50. The molecule has 0 aromatic rings. The average molecular weight is 295 g/mol. The highest BCUT2D eigenvalue weighted by Crippen LogP contribution is 2.24. The summed E-state index contributed by atoms with van der Waals surface area (Å²) in [6, 6.07) is 1.30. The van der Waals surface area contributed by atoms with Gasteiger partial charge in [-0.1, -0.05) is 6.92 Å². The number of likely N-dealkylation sites (tertiary alicyclic amines) is 1. The van der Waals surface area contributed by atoms with Gasteiger partial charge in [0, 0.05) is 25.2 Å². The first-order valence-electron chi connectivity index (χ1n) is 8.87. The fourth-order valence-electron chi connectivity index (χ4n) is 3.73. The molecule has 0 bridgehead atoms. The summed E-state index contributed by atoms with van der Waals surface area (Å²) in [6.45, 7) is 7.37. The van der Waals surface area contributed by atoms with Crippen molar-refractivity contribution in [2.75, 3.05) is 26.7 Å². The van der Waals surface area contributed by atoms with E-state index >= 15 is 0 Å². The minimum atomic E-state index is 0.0354. The summed E-state index contributed by atoms with van der Waals surface area (Å²) >= 11 is 0. The van der Waals surface area contributed by atoms with Crippen LogP contribution in [0.2, 0.25) is 0 Å². The second-order valence-electron chi connectivity index (χ2n) is 6.83. The van der Waals surface area contributed by atoms with Crippen LogP contribution in [0.25, 0.3) is 0 Å². The highest BCUT2D eigenvalue weighted by molar-refractivity contribution is 5.81.